The van der Waals surface area contributed by atoms with Crippen molar-refractivity contribution in [3.63, 3.8) is 0 Å². The van der Waals surface area contributed by atoms with Crippen molar-refractivity contribution in [1.29, 1.82) is 0 Å². The second-order valence-electron chi connectivity index (χ2n) is 8.04. The maximum atomic E-state index is 12.0. The van der Waals surface area contributed by atoms with E-state index in [9.17, 15) is 9.59 Å². The zero-order chi connectivity index (χ0) is 21.4. The van der Waals surface area contributed by atoms with E-state index in [2.05, 4.69) is 20.8 Å². The first-order valence-corrected chi connectivity index (χ1v) is 9.92. The quantitative estimate of drug-likeness (QED) is 0.431. The minimum absolute atomic E-state index is 0.102. The number of hydrogen-bond donors (Lipinski definition) is 0. The third-order valence-corrected chi connectivity index (χ3v) is 4.75. The Bertz CT molecular complexity index is 804. The minimum atomic E-state index is -0.516. The SMILES string of the molecule is CCC(C)(C)c1ccc(OCC(=O)Oc2ccc(C(=O)OCC(C)C)cc2)cc1. The topological polar surface area (TPSA) is 61.8 Å². The Balaban J connectivity index is 1.84. The number of hydrogen-bond acceptors (Lipinski definition) is 5. The Morgan fingerprint density at radius 2 is 1.52 bits per heavy atom. The summed E-state index contributed by atoms with van der Waals surface area (Å²) in [5.41, 5.74) is 1.74. The van der Waals surface area contributed by atoms with Gasteiger partial charge in [0.15, 0.2) is 6.61 Å². The lowest BCUT2D eigenvalue weighted by atomic mass is 9.82. The lowest BCUT2D eigenvalue weighted by Crippen LogP contribution is -2.18. The molecule has 0 aliphatic rings. The largest absolute Gasteiger partial charge is 0.482 e. The molecule has 29 heavy (non-hydrogen) atoms. The predicted octanol–water partition coefficient (Wildman–Crippen LogP) is 5.17. The molecule has 0 aliphatic heterocycles. The standard InChI is InChI=1S/C24H30O5/c1-6-24(4,5)19-9-13-20(14-10-19)27-16-22(25)29-21-11-7-18(8-12-21)23(26)28-15-17(2)3/h7-14,17H,6,15-16H2,1-5H3. The smallest absolute Gasteiger partial charge is 0.349 e. The summed E-state index contributed by atoms with van der Waals surface area (Å²) in [5, 5.41) is 0. The Hall–Kier alpha value is -2.82. The van der Waals surface area contributed by atoms with E-state index >= 15 is 0 Å². The second kappa shape index (κ2) is 10.1. The Morgan fingerprint density at radius 3 is 2.07 bits per heavy atom. The minimum Gasteiger partial charge on any atom is -0.482 e. The van der Waals surface area contributed by atoms with Gasteiger partial charge in [0.1, 0.15) is 11.5 Å². The maximum Gasteiger partial charge on any atom is 0.349 e. The van der Waals surface area contributed by atoms with Gasteiger partial charge in [-0.2, -0.15) is 0 Å². The van der Waals surface area contributed by atoms with Crippen LogP contribution in [0.2, 0.25) is 0 Å². The van der Waals surface area contributed by atoms with Gasteiger partial charge in [0, 0.05) is 0 Å². The van der Waals surface area contributed by atoms with E-state index in [1.165, 1.54) is 5.56 Å². The Kier molecular flexibility index (Phi) is 7.82. The maximum absolute atomic E-state index is 12.0. The van der Waals surface area contributed by atoms with Crippen LogP contribution in [0.1, 0.15) is 57.0 Å². The molecule has 5 heteroatoms. The number of ether oxygens (including phenoxy) is 3. The summed E-state index contributed by atoms with van der Waals surface area (Å²) in [4.78, 5) is 23.9. The first kappa shape index (κ1) is 22.5. The van der Waals surface area contributed by atoms with E-state index in [-0.39, 0.29) is 17.9 Å². The molecule has 0 aromatic heterocycles. The van der Waals surface area contributed by atoms with Crippen LogP contribution in [-0.4, -0.2) is 25.2 Å². The van der Waals surface area contributed by atoms with Gasteiger partial charge in [-0.05, 0) is 59.7 Å². The first-order valence-electron chi connectivity index (χ1n) is 9.92. The summed E-state index contributed by atoms with van der Waals surface area (Å²) in [6.45, 7) is 10.6. The van der Waals surface area contributed by atoms with Crippen LogP contribution < -0.4 is 9.47 Å². The second-order valence-corrected chi connectivity index (χ2v) is 8.04. The lowest BCUT2D eigenvalue weighted by molar-refractivity contribution is -0.136. The van der Waals surface area contributed by atoms with Crippen molar-refractivity contribution >= 4 is 11.9 Å². The van der Waals surface area contributed by atoms with Crippen molar-refractivity contribution in [2.75, 3.05) is 13.2 Å². The molecule has 5 nitrogen and oxygen atoms in total. The summed E-state index contributed by atoms with van der Waals surface area (Å²) in [7, 11) is 0. The highest BCUT2D eigenvalue weighted by Crippen LogP contribution is 2.28. The van der Waals surface area contributed by atoms with Gasteiger partial charge in [-0.25, -0.2) is 9.59 Å². The highest BCUT2D eigenvalue weighted by molar-refractivity contribution is 5.89. The lowest BCUT2D eigenvalue weighted by Gasteiger charge is -2.23. The summed E-state index contributed by atoms with van der Waals surface area (Å²) in [5.74, 6) is 0.320. The molecule has 0 bridgehead atoms. The molecule has 0 amide bonds. The van der Waals surface area contributed by atoms with Crippen LogP contribution in [0.5, 0.6) is 11.5 Å². The number of esters is 2. The molecule has 0 atom stereocenters. The van der Waals surface area contributed by atoms with Crippen molar-refractivity contribution in [1.82, 2.24) is 0 Å². The third kappa shape index (κ3) is 6.93. The van der Waals surface area contributed by atoms with Gasteiger partial charge >= 0.3 is 11.9 Å². The summed E-state index contributed by atoms with van der Waals surface area (Å²) < 4.78 is 15.9. The van der Waals surface area contributed by atoms with E-state index in [1.807, 2.05) is 38.1 Å². The summed E-state index contributed by atoms with van der Waals surface area (Å²) in [6.07, 6.45) is 1.04. The van der Waals surface area contributed by atoms with Crippen molar-refractivity contribution in [3.05, 3.63) is 59.7 Å². The predicted molar refractivity (Wildman–Crippen MR) is 112 cm³/mol. The fourth-order valence-electron chi connectivity index (χ4n) is 2.49. The fraction of sp³-hybridized carbons (Fsp3) is 0.417. The zero-order valence-corrected chi connectivity index (χ0v) is 17.9. The molecule has 2 rings (SSSR count). The highest BCUT2D eigenvalue weighted by atomic mass is 16.6. The van der Waals surface area contributed by atoms with Gasteiger partial charge in [0.05, 0.1) is 12.2 Å². The number of carbonyl (C=O) groups excluding carboxylic acids is 2. The van der Waals surface area contributed by atoms with Crippen LogP contribution in [0.3, 0.4) is 0 Å². The normalized spacial score (nSPS) is 11.2. The summed E-state index contributed by atoms with van der Waals surface area (Å²) in [6, 6.07) is 14.0. The van der Waals surface area contributed by atoms with Crippen molar-refractivity contribution < 1.29 is 23.8 Å². The van der Waals surface area contributed by atoms with Gasteiger partial charge in [-0.15, -0.1) is 0 Å². The average molecular weight is 398 g/mol. The number of rotatable bonds is 9. The summed E-state index contributed by atoms with van der Waals surface area (Å²) >= 11 is 0. The van der Waals surface area contributed by atoms with Crippen molar-refractivity contribution in [2.45, 2.75) is 46.5 Å². The van der Waals surface area contributed by atoms with E-state index in [4.69, 9.17) is 14.2 Å². The molecule has 156 valence electrons. The first-order chi connectivity index (χ1) is 13.7. The molecule has 0 unspecified atom stereocenters. The molecule has 0 saturated carbocycles. The Labute approximate surface area is 173 Å². The molecule has 0 fully saturated rings. The molecule has 0 N–H and O–H groups in total. The van der Waals surface area contributed by atoms with Crippen LogP contribution in [0, 0.1) is 5.92 Å². The molecule has 2 aromatic carbocycles. The molecule has 0 spiro atoms. The number of benzene rings is 2. The van der Waals surface area contributed by atoms with Gasteiger partial charge in [-0.3, -0.25) is 0 Å². The molecule has 0 saturated heterocycles. The van der Waals surface area contributed by atoms with Gasteiger partial charge in [0.25, 0.3) is 0 Å². The monoisotopic (exact) mass is 398 g/mol. The van der Waals surface area contributed by atoms with Gasteiger partial charge in [-0.1, -0.05) is 46.8 Å². The Morgan fingerprint density at radius 1 is 0.931 bits per heavy atom. The van der Waals surface area contributed by atoms with Crippen LogP contribution in [0.25, 0.3) is 0 Å². The molecular weight excluding hydrogens is 368 g/mol. The molecule has 0 heterocycles. The average Bonchev–Trinajstić information content (AvgIpc) is 2.71. The van der Waals surface area contributed by atoms with Crippen molar-refractivity contribution in [3.8, 4) is 11.5 Å². The number of carbonyl (C=O) groups is 2. The van der Waals surface area contributed by atoms with Crippen LogP contribution in [0.15, 0.2) is 48.5 Å². The van der Waals surface area contributed by atoms with Crippen molar-refractivity contribution in [2.24, 2.45) is 5.92 Å². The fourth-order valence-corrected chi connectivity index (χ4v) is 2.49. The van der Waals surface area contributed by atoms with Gasteiger partial charge < -0.3 is 14.2 Å². The van der Waals surface area contributed by atoms with Crippen LogP contribution >= 0.6 is 0 Å². The molecular formula is C24H30O5. The van der Waals surface area contributed by atoms with Gasteiger partial charge in [0.2, 0.25) is 0 Å². The molecule has 0 aliphatic carbocycles. The molecule has 0 radical (unpaired) electrons. The van der Waals surface area contributed by atoms with Crippen LogP contribution in [0.4, 0.5) is 0 Å². The van der Waals surface area contributed by atoms with E-state index in [1.54, 1.807) is 24.3 Å². The zero-order valence-electron chi connectivity index (χ0n) is 17.9. The van der Waals surface area contributed by atoms with E-state index < -0.39 is 11.9 Å². The van der Waals surface area contributed by atoms with Crippen LogP contribution in [-0.2, 0) is 14.9 Å². The highest BCUT2D eigenvalue weighted by Gasteiger charge is 2.17. The third-order valence-electron chi connectivity index (χ3n) is 4.75. The van der Waals surface area contributed by atoms with E-state index in [0.717, 1.165) is 6.42 Å². The van der Waals surface area contributed by atoms with E-state index in [0.29, 0.717) is 23.7 Å². The molecule has 2 aromatic rings.